The predicted octanol–water partition coefficient (Wildman–Crippen LogP) is 0.611. The molecule has 0 bridgehead atoms. The van der Waals surface area contributed by atoms with E-state index in [9.17, 15) is 9.59 Å². The first-order valence-electron chi connectivity index (χ1n) is 4.36. The van der Waals surface area contributed by atoms with Gasteiger partial charge in [-0.2, -0.15) is 0 Å². The maximum Gasteiger partial charge on any atom is 0.417 e. The van der Waals surface area contributed by atoms with Crippen LogP contribution >= 0.6 is 0 Å². The van der Waals surface area contributed by atoms with Crippen molar-refractivity contribution in [2.75, 3.05) is 0 Å². The van der Waals surface area contributed by atoms with E-state index in [2.05, 4.69) is 4.98 Å². The van der Waals surface area contributed by atoms with E-state index in [4.69, 9.17) is 4.42 Å². The number of hydrogen-bond acceptors (Lipinski definition) is 3. The normalized spacial score (nSPS) is 11.0. The first-order valence-corrected chi connectivity index (χ1v) is 4.36. The lowest BCUT2D eigenvalue weighted by Crippen LogP contribution is -2.19. The van der Waals surface area contributed by atoms with Crippen LogP contribution in [0.4, 0.5) is 0 Å². The minimum Gasteiger partial charge on any atom is -0.407 e. The molecular weight excluding hydrogens is 184 g/mol. The largest absolute Gasteiger partial charge is 0.417 e. The maximum absolute atomic E-state index is 11.7. The van der Waals surface area contributed by atoms with Gasteiger partial charge in [-0.15, -0.1) is 0 Å². The Balaban J connectivity index is 3.01. The van der Waals surface area contributed by atoms with E-state index in [0.29, 0.717) is 12.1 Å². The number of aromatic amines is 1. The second kappa shape index (κ2) is 2.87. The van der Waals surface area contributed by atoms with Crippen molar-refractivity contribution in [3.63, 3.8) is 0 Å². The lowest BCUT2D eigenvalue weighted by molar-refractivity contribution is 0.552. The SMILES string of the molecule is CCn1cc(C)c2oc(=O)[nH]c2c1=O. The molecule has 0 aliphatic carbocycles. The molecule has 14 heavy (non-hydrogen) atoms. The predicted molar refractivity (Wildman–Crippen MR) is 51.5 cm³/mol. The average molecular weight is 194 g/mol. The molecule has 0 spiro atoms. The van der Waals surface area contributed by atoms with Crippen molar-refractivity contribution < 1.29 is 4.42 Å². The molecule has 0 aliphatic heterocycles. The van der Waals surface area contributed by atoms with E-state index in [0.717, 1.165) is 5.56 Å². The molecule has 0 saturated heterocycles. The van der Waals surface area contributed by atoms with Gasteiger partial charge in [0.2, 0.25) is 0 Å². The molecule has 74 valence electrons. The third-order valence-corrected chi connectivity index (χ3v) is 2.17. The van der Waals surface area contributed by atoms with Crippen LogP contribution in [0.5, 0.6) is 0 Å². The van der Waals surface area contributed by atoms with Crippen molar-refractivity contribution in [1.82, 2.24) is 9.55 Å². The van der Waals surface area contributed by atoms with Gasteiger partial charge in [0.05, 0.1) is 0 Å². The molecule has 0 atom stereocenters. The first kappa shape index (κ1) is 8.80. The Kier molecular flexibility index (Phi) is 1.80. The molecule has 2 aromatic heterocycles. The lowest BCUT2D eigenvalue weighted by atomic mass is 10.3. The fourth-order valence-corrected chi connectivity index (χ4v) is 1.49. The van der Waals surface area contributed by atoms with Gasteiger partial charge in [-0.1, -0.05) is 0 Å². The van der Waals surface area contributed by atoms with Crippen LogP contribution in [0.1, 0.15) is 12.5 Å². The molecule has 5 nitrogen and oxygen atoms in total. The van der Waals surface area contributed by atoms with Crippen molar-refractivity contribution in [3.05, 3.63) is 32.7 Å². The molecule has 0 aliphatic rings. The zero-order valence-electron chi connectivity index (χ0n) is 7.96. The number of fused-ring (bicyclic) bond motifs is 1. The minimum atomic E-state index is -0.589. The monoisotopic (exact) mass is 194 g/mol. The van der Waals surface area contributed by atoms with Gasteiger partial charge in [0.25, 0.3) is 5.56 Å². The van der Waals surface area contributed by atoms with Gasteiger partial charge >= 0.3 is 5.76 Å². The van der Waals surface area contributed by atoms with Crippen molar-refractivity contribution in [1.29, 1.82) is 0 Å². The fraction of sp³-hybridized carbons (Fsp3) is 0.333. The van der Waals surface area contributed by atoms with E-state index in [-0.39, 0.29) is 11.1 Å². The highest BCUT2D eigenvalue weighted by atomic mass is 16.4. The van der Waals surface area contributed by atoms with E-state index in [1.54, 1.807) is 13.1 Å². The Labute approximate surface area is 79.0 Å². The van der Waals surface area contributed by atoms with Crippen LogP contribution in [0.2, 0.25) is 0 Å². The topological polar surface area (TPSA) is 68.0 Å². The second-order valence-electron chi connectivity index (χ2n) is 3.12. The van der Waals surface area contributed by atoms with E-state index in [1.807, 2.05) is 6.92 Å². The minimum absolute atomic E-state index is 0.223. The third kappa shape index (κ3) is 1.09. The zero-order valence-corrected chi connectivity index (χ0v) is 7.96. The highest BCUT2D eigenvalue weighted by Gasteiger charge is 2.10. The molecule has 2 aromatic rings. The average Bonchev–Trinajstić information content (AvgIpc) is 2.54. The number of pyridine rings is 1. The quantitative estimate of drug-likeness (QED) is 0.723. The first-order chi connectivity index (χ1) is 6.63. The molecule has 2 rings (SSSR count). The van der Waals surface area contributed by atoms with Gasteiger partial charge in [-0.05, 0) is 13.8 Å². The molecule has 5 heteroatoms. The molecule has 0 saturated carbocycles. The zero-order chi connectivity index (χ0) is 10.3. The van der Waals surface area contributed by atoms with Crippen molar-refractivity contribution in [2.45, 2.75) is 20.4 Å². The number of oxazole rings is 1. The van der Waals surface area contributed by atoms with Crippen LogP contribution < -0.4 is 11.3 Å². The van der Waals surface area contributed by atoms with Crippen molar-refractivity contribution >= 4 is 11.1 Å². The number of hydrogen-bond donors (Lipinski definition) is 1. The summed E-state index contributed by atoms with van der Waals surface area (Å²) in [4.78, 5) is 25.0. The molecule has 0 unspecified atom stereocenters. The number of aryl methyl sites for hydroxylation is 2. The molecule has 1 N–H and O–H groups in total. The van der Waals surface area contributed by atoms with Gasteiger partial charge in [-0.3, -0.25) is 9.78 Å². The second-order valence-corrected chi connectivity index (χ2v) is 3.12. The molecular formula is C9H10N2O3. The Morgan fingerprint density at radius 3 is 2.86 bits per heavy atom. The van der Waals surface area contributed by atoms with Gasteiger partial charge < -0.3 is 8.98 Å². The number of nitrogens with zero attached hydrogens (tertiary/aromatic N) is 1. The smallest absolute Gasteiger partial charge is 0.407 e. The Hall–Kier alpha value is -1.78. The number of rotatable bonds is 1. The van der Waals surface area contributed by atoms with Crippen molar-refractivity contribution in [3.8, 4) is 0 Å². The van der Waals surface area contributed by atoms with Crippen molar-refractivity contribution in [2.24, 2.45) is 0 Å². The van der Waals surface area contributed by atoms with Crippen LogP contribution in [0.3, 0.4) is 0 Å². The number of aromatic nitrogens is 2. The van der Waals surface area contributed by atoms with Crippen LogP contribution in [-0.2, 0) is 6.54 Å². The van der Waals surface area contributed by atoms with E-state index >= 15 is 0 Å². The highest BCUT2D eigenvalue weighted by Crippen LogP contribution is 2.10. The van der Waals surface area contributed by atoms with Crippen LogP contribution in [-0.4, -0.2) is 9.55 Å². The van der Waals surface area contributed by atoms with Crippen LogP contribution in [0, 0.1) is 6.92 Å². The van der Waals surface area contributed by atoms with Crippen LogP contribution in [0.25, 0.3) is 11.1 Å². The Morgan fingerprint density at radius 1 is 1.50 bits per heavy atom. The lowest BCUT2D eigenvalue weighted by Gasteiger charge is -2.02. The number of nitrogens with one attached hydrogen (secondary N) is 1. The standard InChI is InChI=1S/C9H10N2O3/c1-3-11-4-5(2)7-6(8(11)12)10-9(13)14-7/h4H,3H2,1-2H3,(H,10,13). The van der Waals surface area contributed by atoms with Gasteiger partial charge in [0.15, 0.2) is 11.1 Å². The number of H-pyrrole nitrogens is 1. The highest BCUT2D eigenvalue weighted by molar-refractivity contribution is 5.74. The summed E-state index contributed by atoms with van der Waals surface area (Å²) in [6.45, 7) is 4.23. The summed E-state index contributed by atoms with van der Waals surface area (Å²) < 4.78 is 6.39. The van der Waals surface area contributed by atoms with Gasteiger partial charge in [0.1, 0.15) is 0 Å². The Bertz CT molecular complexity index is 588. The summed E-state index contributed by atoms with van der Waals surface area (Å²) in [6.07, 6.45) is 1.68. The maximum atomic E-state index is 11.7. The van der Waals surface area contributed by atoms with Gasteiger partial charge in [0, 0.05) is 18.3 Å². The Morgan fingerprint density at radius 2 is 2.21 bits per heavy atom. The molecule has 0 radical (unpaired) electrons. The van der Waals surface area contributed by atoms with E-state index < -0.39 is 5.76 Å². The fourth-order valence-electron chi connectivity index (χ4n) is 1.49. The summed E-state index contributed by atoms with van der Waals surface area (Å²) in [5.74, 6) is -0.589. The summed E-state index contributed by atoms with van der Waals surface area (Å²) in [6, 6.07) is 0. The van der Waals surface area contributed by atoms with Gasteiger partial charge in [-0.25, -0.2) is 4.79 Å². The molecule has 0 amide bonds. The van der Waals surface area contributed by atoms with E-state index in [1.165, 1.54) is 4.57 Å². The summed E-state index contributed by atoms with van der Waals surface area (Å²) >= 11 is 0. The molecule has 2 heterocycles. The summed E-state index contributed by atoms with van der Waals surface area (Å²) in [7, 11) is 0. The third-order valence-electron chi connectivity index (χ3n) is 2.17. The molecule has 0 fully saturated rings. The summed E-state index contributed by atoms with van der Waals surface area (Å²) in [5.41, 5.74) is 1.15. The summed E-state index contributed by atoms with van der Waals surface area (Å²) in [5, 5.41) is 0. The molecule has 0 aromatic carbocycles. The van der Waals surface area contributed by atoms with Crippen LogP contribution in [0.15, 0.2) is 20.2 Å².